The van der Waals surface area contributed by atoms with Crippen LogP contribution in [0.4, 0.5) is 0 Å². The van der Waals surface area contributed by atoms with Crippen LogP contribution in [0, 0.1) is 0 Å². The van der Waals surface area contributed by atoms with Gasteiger partial charge in [0.1, 0.15) is 11.5 Å². The van der Waals surface area contributed by atoms with E-state index in [1.807, 2.05) is 42.5 Å². The second-order valence-electron chi connectivity index (χ2n) is 4.58. The summed E-state index contributed by atoms with van der Waals surface area (Å²) in [7, 11) is 0. The van der Waals surface area contributed by atoms with E-state index < -0.39 is 0 Å². The molecule has 1 aliphatic heterocycles. The van der Waals surface area contributed by atoms with Crippen molar-refractivity contribution in [3.8, 4) is 11.7 Å². The molecule has 1 unspecified atom stereocenters. The van der Waals surface area contributed by atoms with Gasteiger partial charge in [-0.25, -0.2) is 0 Å². The van der Waals surface area contributed by atoms with E-state index >= 15 is 0 Å². The van der Waals surface area contributed by atoms with E-state index in [1.165, 1.54) is 0 Å². The lowest BCUT2D eigenvalue weighted by Crippen LogP contribution is -2.28. The largest absolute Gasteiger partial charge is 0.429 e. The first-order chi connectivity index (χ1) is 9.40. The van der Waals surface area contributed by atoms with Gasteiger partial charge in [0.2, 0.25) is 0 Å². The summed E-state index contributed by atoms with van der Waals surface area (Å²) in [5.74, 6) is 2.17. The Balaban J connectivity index is 1.54. The van der Waals surface area contributed by atoms with Gasteiger partial charge < -0.3 is 19.2 Å². The number of hydrogen-bond acceptors (Lipinski definition) is 4. The molecule has 4 heteroatoms. The van der Waals surface area contributed by atoms with Crippen LogP contribution in [0.5, 0.6) is 11.7 Å². The van der Waals surface area contributed by atoms with E-state index in [4.69, 9.17) is 13.9 Å². The van der Waals surface area contributed by atoms with Crippen molar-refractivity contribution in [3.05, 3.63) is 48.2 Å². The lowest BCUT2D eigenvalue weighted by atomic mass is 10.2. The summed E-state index contributed by atoms with van der Waals surface area (Å²) in [6, 6.07) is 13.8. The van der Waals surface area contributed by atoms with Crippen LogP contribution in [0.2, 0.25) is 0 Å². The molecule has 0 radical (unpaired) electrons. The minimum Gasteiger partial charge on any atom is -0.429 e. The number of nitrogens with one attached hydrogen (secondary N) is 1. The zero-order valence-electron chi connectivity index (χ0n) is 10.7. The number of benzene rings is 1. The van der Waals surface area contributed by atoms with Gasteiger partial charge in [0.25, 0.3) is 5.95 Å². The van der Waals surface area contributed by atoms with Crippen molar-refractivity contribution in [2.75, 3.05) is 13.2 Å². The molecular weight excluding hydrogens is 242 g/mol. The lowest BCUT2D eigenvalue weighted by Gasteiger charge is -2.08. The second kappa shape index (κ2) is 5.91. The van der Waals surface area contributed by atoms with E-state index in [0.717, 1.165) is 31.1 Å². The molecule has 1 aliphatic rings. The number of para-hydroxylation sites is 1. The maximum atomic E-state index is 5.62. The highest BCUT2D eigenvalue weighted by atomic mass is 16.6. The Bertz CT molecular complexity index is 503. The topological polar surface area (TPSA) is 43.6 Å². The highest BCUT2D eigenvalue weighted by Gasteiger charge is 2.15. The third kappa shape index (κ3) is 3.36. The molecule has 4 nitrogen and oxygen atoms in total. The fourth-order valence-corrected chi connectivity index (χ4v) is 2.05. The normalized spacial score (nSPS) is 18.6. The van der Waals surface area contributed by atoms with E-state index in [9.17, 15) is 0 Å². The summed E-state index contributed by atoms with van der Waals surface area (Å²) >= 11 is 0. The van der Waals surface area contributed by atoms with Crippen molar-refractivity contribution in [3.63, 3.8) is 0 Å². The van der Waals surface area contributed by atoms with Gasteiger partial charge in [0, 0.05) is 18.7 Å². The molecule has 0 spiro atoms. The molecule has 3 rings (SSSR count). The van der Waals surface area contributed by atoms with Crippen LogP contribution < -0.4 is 10.1 Å². The van der Waals surface area contributed by atoms with Crippen molar-refractivity contribution in [2.45, 2.75) is 19.0 Å². The predicted molar refractivity (Wildman–Crippen MR) is 71.3 cm³/mol. The van der Waals surface area contributed by atoms with Crippen LogP contribution in [0.25, 0.3) is 0 Å². The molecule has 0 bridgehead atoms. The zero-order chi connectivity index (χ0) is 12.9. The zero-order valence-corrected chi connectivity index (χ0v) is 10.7. The lowest BCUT2D eigenvalue weighted by molar-refractivity contribution is 0.189. The van der Waals surface area contributed by atoms with E-state index in [0.29, 0.717) is 18.5 Å². The van der Waals surface area contributed by atoms with Crippen molar-refractivity contribution in [1.29, 1.82) is 0 Å². The highest BCUT2D eigenvalue weighted by molar-refractivity contribution is 5.26. The number of ether oxygens (including phenoxy) is 2. The van der Waals surface area contributed by atoms with Gasteiger partial charge >= 0.3 is 0 Å². The maximum absolute atomic E-state index is 5.62. The molecule has 1 atom stereocenters. The molecule has 0 amide bonds. The average Bonchev–Trinajstić information content (AvgIpc) is 3.09. The molecular formula is C15H17NO3. The minimum atomic E-state index is 0.434. The van der Waals surface area contributed by atoms with Gasteiger partial charge in [-0.2, -0.15) is 0 Å². The number of hydrogen-bond donors (Lipinski definition) is 1. The van der Waals surface area contributed by atoms with Crippen LogP contribution in [-0.2, 0) is 11.3 Å². The third-order valence-electron chi connectivity index (χ3n) is 3.09. The molecule has 2 aromatic rings. The molecule has 1 fully saturated rings. The molecule has 100 valence electrons. The van der Waals surface area contributed by atoms with Gasteiger partial charge in [-0.15, -0.1) is 0 Å². The molecule has 1 saturated heterocycles. The van der Waals surface area contributed by atoms with Crippen LogP contribution >= 0.6 is 0 Å². The number of rotatable bonds is 5. The Kier molecular flexibility index (Phi) is 3.81. The standard InChI is InChI=1S/C15H17NO3/c1-2-4-13(5-3-1)18-15-7-6-14(19-15)10-16-12-8-9-17-11-12/h1-7,12,16H,8-11H2. The predicted octanol–water partition coefficient (Wildman–Crippen LogP) is 2.95. The minimum absolute atomic E-state index is 0.434. The third-order valence-corrected chi connectivity index (χ3v) is 3.09. The maximum Gasteiger partial charge on any atom is 0.290 e. The summed E-state index contributed by atoms with van der Waals surface area (Å²) in [6.07, 6.45) is 1.06. The van der Waals surface area contributed by atoms with Crippen molar-refractivity contribution >= 4 is 0 Å². The van der Waals surface area contributed by atoms with Gasteiger partial charge in [0.15, 0.2) is 0 Å². The van der Waals surface area contributed by atoms with Gasteiger partial charge in [-0.1, -0.05) is 18.2 Å². The fraction of sp³-hybridized carbons (Fsp3) is 0.333. The Labute approximate surface area is 112 Å². The van der Waals surface area contributed by atoms with E-state index in [1.54, 1.807) is 0 Å². The van der Waals surface area contributed by atoms with Crippen LogP contribution in [-0.4, -0.2) is 19.3 Å². The monoisotopic (exact) mass is 259 g/mol. The van der Waals surface area contributed by atoms with Crippen molar-refractivity contribution < 1.29 is 13.9 Å². The molecule has 1 aromatic heterocycles. The summed E-state index contributed by atoms with van der Waals surface area (Å²) in [4.78, 5) is 0. The Morgan fingerprint density at radius 1 is 1.16 bits per heavy atom. The second-order valence-corrected chi connectivity index (χ2v) is 4.58. The Morgan fingerprint density at radius 2 is 2.05 bits per heavy atom. The first-order valence-electron chi connectivity index (χ1n) is 6.53. The molecule has 1 aromatic carbocycles. The SMILES string of the molecule is c1ccc(Oc2ccc(CNC3CCOC3)o2)cc1. The summed E-state index contributed by atoms with van der Waals surface area (Å²) in [5.41, 5.74) is 0. The summed E-state index contributed by atoms with van der Waals surface area (Å²) < 4.78 is 16.5. The first kappa shape index (κ1) is 12.3. The van der Waals surface area contributed by atoms with E-state index in [2.05, 4.69) is 5.32 Å². The smallest absolute Gasteiger partial charge is 0.290 e. The number of furan rings is 1. The summed E-state index contributed by atoms with van der Waals surface area (Å²) in [5, 5.41) is 3.40. The van der Waals surface area contributed by atoms with Crippen LogP contribution in [0.3, 0.4) is 0 Å². The van der Waals surface area contributed by atoms with E-state index in [-0.39, 0.29) is 0 Å². The van der Waals surface area contributed by atoms with Crippen LogP contribution in [0.1, 0.15) is 12.2 Å². The van der Waals surface area contributed by atoms with Crippen molar-refractivity contribution in [2.24, 2.45) is 0 Å². The molecule has 0 aliphatic carbocycles. The molecule has 1 N–H and O–H groups in total. The quantitative estimate of drug-likeness (QED) is 0.896. The highest BCUT2D eigenvalue weighted by Crippen LogP contribution is 2.23. The van der Waals surface area contributed by atoms with Gasteiger partial charge in [0.05, 0.1) is 13.2 Å². The summed E-state index contributed by atoms with van der Waals surface area (Å²) in [6.45, 7) is 2.33. The fourth-order valence-electron chi connectivity index (χ4n) is 2.05. The van der Waals surface area contributed by atoms with Gasteiger partial charge in [-0.05, 0) is 24.6 Å². The van der Waals surface area contributed by atoms with Crippen LogP contribution in [0.15, 0.2) is 46.9 Å². The average molecular weight is 259 g/mol. The molecule has 19 heavy (non-hydrogen) atoms. The molecule has 2 heterocycles. The van der Waals surface area contributed by atoms with Crippen molar-refractivity contribution in [1.82, 2.24) is 5.32 Å². The molecule has 0 saturated carbocycles. The van der Waals surface area contributed by atoms with Gasteiger partial charge in [-0.3, -0.25) is 0 Å². The Hall–Kier alpha value is -1.78. The first-order valence-corrected chi connectivity index (χ1v) is 6.53. The Morgan fingerprint density at radius 3 is 2.84 bits per heavy atom.